The standard InChI is InChI=1S/C5H16O4Si4/c1-6-12(3)9-10-8-11-13(4,5)7-2/h12H,1-5H3. The fraction of sp³-hybridized carbons (Fsp3) is 1.00. The summed E-state index contributed by atoms with van der Waals surface area (Å²) in [4.78, 5) is 0. The molecule has 0 bridgehead atoms. The third-order valence-corrected chi connectivity index (χ3v) is 9.03. The highest BCUT2D eigenvalue weighted by molar-refractivity contribution is 7.18. The molecule has 0 fully saturated rings. The molecular weight excluding hydrogens is 236 g/mol. The van der Waals surface area contributed by atoms with Crippen LogP contribution in [-0.4, -0.2) is 50.6 Å². The van der Waals surface area contributed by atoms with E-state index in [-0.39, 0.29) is 10.0 Å². The third-order valence-electron chi connectivity index (χ3n) is 1.39. The third kappa shape index (κ3) is 7.75. The Balaban J connectivity index is 3.35. The van der Waals surface area contributed by atoms with Crippen molar-refractivity contribution in [1.82, 2.24) is 0 Å². The molecule has 0 heterocycles. The highest BCUT2D eigenvalue weighted by atomic mass is 29.2. The van der Waals surface area contributed by atoms with Gasteiger partial charge in [-0.25, -0.2) is 0 Å². The molecule has 4 radical (unpaired) electrons. The van der Waals surface area contributed by atoms with Gasteiger partial charge in [0.1, 0.15) is 0 Å². The molecule has 1 unspecified atom stereocenters. The average Bonchev–Trinajstić information content (AvgIpc) is 2.12. The minimum atomic E-state index is -1.55. The molecule has 0 saturated heterocycles. The first kappa shape index (κ1) is 13.7. The van der Waals surface area contributed by atoms with E-state index in [0.29, 0.717) is 9.28 Å². The van der Waals surface area contributed by atoms with Crippen LogP contribution in [-0.2, 0) is 17.1 Å². The van der Waals surface area contributed by atoms with Crippen molar-refractivity contribution in [3.8, 4) is 0 Å². The first-order valence-electron chi connectivity index (χ1n) is 3.93. The largest absolute Gasteiger partial charge is 0.435 e. The van der Waals surface area contributed by atoms with Gasteiger partial charge in [-0.15, -0.1) is 0 Å². The summed E-state index contributed by atoms with van der Waals surface area (Å²) in [5, 5.41) is 0. The molecule has 4 nitrogen and oxygen atoms in total. The molecular formula is C5H16O4Si4. The molecule has 0 saturated carbocycles. The second kappa shape index (κ2) is 7.06. The Bertz CT molecular complexity index is 134. The van der Waals surface area contributed by atoms with Crippen LogP contribution >= 0.6 is 0 Å². The minimum absolute atomic E-state index is 0.0997. The van der Waals surface area contributed by atoms with Crippen molar-refractivity contribution in [3.63, 3.8) is 0 Å². The maximum absolute atomic E-state index is 5.39. The molecule has 0 aliphatic carbocycles. The molecule has 0 aliphatic rings. The van der Waals surface area contributed by atoms with Crippen molar-refractivity contribution in [2.75, 3.05) is 14.2 Å². The summed E-state index contributed by atoms with van der Waals surface area (Å²) in [5.74, 6) is 0. The van der Waals surface area contributed by atoms with E-state index in [9.17, 15) is 0 Å². The Morgan fingerprint density at radius 3 is 2.31 bits per heavy atom. The van der Waals surface area contributed by atoms with E-state index in [0.717, 1.165) is 0 Å². The lowest BCUT2D eigenvalue weighted by Gasteiger charge is -2.17. The minimum Gasteiger partial charge on any atom is -0.435 e. The van der Waals surface area contributed by atoms with Gasteiger partial charge >= 0.3 is 19.3 Å². The Morgan fingerprint density at radius 2 is 1.85 bits per heavy atom. The zero-order valence-corrected chi connectivity index (χ0v) is 12.9. The lowest BCUT2D eigenvalue weighted by molar-refractivity contribution is 0.330. The van der Waals surface area contributed by atoms with Crippen molar-refractivity contribution < 1.29 is 17.1 Å². The Hall–Kier alpha value is 0.708. The van der Waals surface area contributed by atoms with Gasteiger partial charge in [-0.2, -0.15) is 0 Å². The molecule has 0 rings (SSSR count). The molecule has 0 N–H and O–H groups in total. The fourth-order valence-electron chi connectivity index (χ4n) is 0.325. The molecule has 0 spiro atoms. The van der Waals surface area contributed by atoms with E-state index in [4.69, 9.17) is 17.1 Å². The molecule has 76 valence electrons. The van der Waals surface area contributed by atoms with Crippen molar-refractivity contribution in [2.24, 2.45) is 0 Å². The molecule has 0 aromatic carbocycles. The maximum Gasteiger partial charge on any atom is 0.411 e. The van der Waals surface area contributed by atoms with Gasteiger partial charge in [0, 0.05) is 14.2 Å². The summed E-state index contributed by atoms with van der Waals surface area (Å²) in [6, 6.07) is 0. The molecule has 0 aromatic rings. The van der Waals surface area contributed by atoms with Gasteiger partial charge < -0.3 is 17.1 Å². The smallest absolute Gasteiger partial charge is 0.411 e. The number of rotatable bonds is 7. The normalized spacial score (nSPS) is 14.5. The van der Waals surface area contributed by atoms with Gasteiger partial charge in [0.15, 0.2) is 0 Å². The van der Waals surface area contributed by atoms with Crippen LogP contribution in [0.2, 0.25) is 19.6 Å². The quantitative estimate of drug-likeness (QED) is 0.473. The van der Waals surface area contributed by atoms with Gasteiger partial charge in [0.05, 0.1) is 0 Å². The molecule has 0 aromatic heterocycles. The van der Waals surface area contributed by atoms with E-state index >= 15 is 0 Å². The Labute approximate surface area is 87.7 Å². The number of hydrogen-bond donors (Lipinski definition) is 0. The van der Waals surface area contributed by atoms with Crippen LogP contribution in [0.1, 0.15) is 0 Å². The van der Waals surface area contributed by atoms with Gasteiger partial charge in [0.2, 0.25) is 17.1 Å². The zero-order valence-electron chi connectivity index (χ0n) is 8.71. The van der Waals surface area contributed by atoms with Crippen LogP contribution in [0.3, 0.4) is 0 Å². The second-order valence-electron chi connectivity index (χ2n) is 2.92. The van der Waals surface area contributed by atoms with E-state index in [1.807, 2.05) is 6.55 Å². The SMILES string of the molecule is CO[SiH](C)O[Si]O[Si][Si](C)(C)OC. The highest BCUT2D eigenvalue weighted by Crippen LogP contribution is 1.99. The summed E-state index contributed by atoms with van der Waals surface area (Å²) in [5.41, 5.74) is 0. The van der Waals surface area contributed by atoms with Crippen LogP contribution < -0.4 is 0 Å². The molecule has 13 heavy (non-hydrogen) atoms. The van der Waals surface area contributed by atoms with Crippen LogP contribution in [0.4, 0.5) is 0 Å². The van der Waals surface area contributed by atoms with E-state index in [1.165, 1.54) is 0 Å². The molecule has 1 atom stereocenters. The van der Waals surface area contributed by atoms with Gasteiger partial charge in [-0.1, -0.05) is 0 Å². The lowest BCUT2D eigenvalue weighted by Crippen LogP contribution is -2.40. The topological polar surface area (TPSA) is 36.9 Å². The fourth-order valence-corrected chi connectivity index (χ4v) is 5.95. The molecule has 0 aliphatic heterocycles. The predicted octanol–water partition coefficient (Wildman–Crippen LogP) is 0.0179. The average molecular weight is 253 g/mol. The summed E-state index contributed by atoms with van der Waals surface area (Å²) in [7, 11) is 0.968. The van der Waals surface area contributed by atoms with E-state index < -0.39 is 17.1 Å². The second-order valence-corrected chi connectivity index (χ2v) is 14.3. The molecule has 0 amide bonds. The summed E-state index contributed by atoms with van der Waals surface area (Å²) >= 11 is 0. The van der Waals surface area contributed by atoms with E-state index in [2.05, 4.69) is 13.1 Å². The van der Waals surface area contributed by atoms with Gasteiger partial charge in [0.25, 0.3) is 0 Å². The van der Waals surface area contributed by atoms with Gasteiger partial charge in [-0.05, 0) is 19.6 Å². The Morgan fingerprint density at radius 1 is 1.23 bits per heavy atom. The van der Waals surface area contributed by atoms with Crippen LogP contribution in [0, 0.1) is 0 Å². The summed E-state index contributed by atoms with van der Waals surface area (Å²) in [6.45, 7) is 6.21. The highest BCUT2D eigenvalue weighted by Gasteiger charge is 2.23. The van der Waals surface area contributed by atoms with Crippen molar-refractivity contribution in [3.05, 3.63) is 0 Å². The summed E-state index contributed by atoms with van der Waals surface area (Å²) in [6.07, 6.45) is 0. The van der Waals surface area contributed by atoms with Gasteiger partial charge in [-0.3, -0.25) is 0 Å². The summed E-state index contributed by atoms with van der Waals surface area (Å²) < 4.78 is 21.1. The van der Waals surface area contributed by atoms with E-state index in [1.54, 1.807) is 14.2 Å². The zero-order chi connectivity index (χ0) is 10.3. The number of hydrogen-bond acceptors (Lipinski definition) is 4. The maximum atomic E-state index is 5.39. The first-order valence-corrected chi connectivity index (χ1v) is 11.7. The first-order chi connectivity index (χ1) is 6.02. The van der Waals surface area contributed by atoms with Crippen molar-refractivity contribution in [2.45, 2.75) is 19.6 Å². The monoisotopic (exact) mass is 252 g/mol. The molecule has 8 heteroatoms. The Kier molecular flexibility index (Phi) is 7.44. The van der Waals surface area contributed by atoms with Crippen molar-refractivity contribution in [1.29, 1.82) is 0 Å². The predicted molar refractivity (Wildman–Crippen MR) is 58.2 cm³/mol. The lowest BCUT2D eigenvalue weighted by atomic mass is 11.8. The van der Waals surface area contributed by atoms with Crippen LogP contribution in [0.25, 0.3) is 0 Å². The van der Waals surface area contributed by atoms with Crippen LogP contribution in [0.15, 0.2) is 0 Å². The van der Waals surface area contributed by atoms with Crippen LogP contribution in [0.5, 0.6) is 0 Å². The van der Waals surface area contributed by atoms with Crippen molar-refractivity contribution >= 4 is 36.4 Å².